The van der Waals surface area contributed by atoms with Gasteiger partial charge in [0.25, 0.3) is 5.91 Å². The Hall–Kier alpha value is -1.11. The molecule has 0 unspecified atom stereocenters. The number of morpholine rings is 1. The Bertz CT molecular complexity index is 596. The van der Waals surface area contributed by atoms with E-state index in [-0.39, 0.29) is 24.2 Å². The summed E-state index contributed by atoms with van der Waals surface area (Å²) in [5.74, 6) is -0.0141. The van der Waals surface area contributed by atoms with E-state index >= 15 is 0 Å². The SMILES string of the molecule is C[C@@H]1CN([C@@H](C)CNC(=O)c2cccnc2SC2CCCC2)C[C@H](C)O1. The Labute approximate surface area is 161 Å². The van der Waals surface area contributed by atoms with Gasteiger partial charge in [0.05, 0.1) is 17.8 Å². The molecule has 5 nitrogen and oxygen atoms in total. The zero-order chi connectivity index (χ0) is 18.5. The first-order valence-electron chi connectivity index (χ1n) is 9.82. The van der Waals surface area contributed by atoms with E-state index in [9.17, 15) is 4.79 Å². The van der Waals surface area contributed by atoms with Gasteiger partial charge in [0.2, 0.25) is 0 Å². The summed E-state index contributed by atoms with van der Waals surface area (Å²) in [5.41, 5.74) is 0.709. The first-order chi connectivity index (χ1) is 12.5. The molecule has 0 radical (unpaired) electrons. The molecule has 144 valence electrons. The Kier molecular flexibility index (Phi) is 6.95. The van der Waals surface area contributed by atoms with Gasteiger partial charge in [-0.2, -0.15) is 0 Å². The van der Waals surface area contributed by atoms with Gasteiger partial charge in [0.1, 0.15) is 5.03 Å². The molecule has 1 saturated heterocycles. The highest BCUT2D eigenvalue weighted by atomic mass is 32.2. The van der Waals surface area contributed by atoms with E-state index in [0.717, 1.165) is 18.1 Å². The Morgan fingerprint density at radius 3 is 2.73 bits per heavy atom. The average molecular weight is 378 g/mol. The largest absolute Gasteiger partial charge is 0.373 e. The Balaban J connectivity index is 1.56. The van der Waals surface area contributed by atoms with Crippen LogP contribution in [0.4, 0.5) is 0 Å². The smallest absolute Gasteiger partial charge is 0.254 e. The minimum absolute atomic E-state index is 0.0141. The average Bonchev–Trinajstić information content (AvgIpc) is 3.12. The van der Waals surface area contributed by atoms with E-state index < -0.39 is 0 Å². The van der Waals surface area contributed by atoms with E-state index in [4.69, 9.17) is 4.74 Å². The summed E-state index contributed by atoms with van der Waals surface area (Å²) in [6.07, 6.45) is 7.31. The lowest BCUT2D eigenvalue weighted by molar-refractivity contribution is -0.0778. The molecule has 2 aliphatic rings. The lowest BCUT2D eigenvalue weighted by Crippen LogP contribution is -2.52. The molecule has 0 aromatic carbocycles. The number of rotatable bonds is 6. The van der Waals surface area contributed by atoms with Crippen LogP contribution in [0.2, 0.25) is 0 Å². The summed E-state index contributed by atoms with van der Waals surface area (Å²) in [6, 6.07) is 4.03. The molecule has 1 aromatic heterocycles. The molecule has 2 fully saturated rings. The number of amides is 1. The molecule has 1 saturated carbocycles. The maximum absolute atomic E-state index is 12.7. The summed E-state index contributed by atoms with van der Waals surface area (Å²) in [7, 11) is 0. The fraction of sp³-hybridized carbons (Fsp3) is 0.700. The van der Waals surface area contributed by atoms with Gasteiger partial charge >= 0.3 is 0 Å². The minimum atomic E-state index is -0.0141. The molecule has 1 N–H and O–H groups in total. The minimum Gasteiger partial charge on any atom is -0.373 e. The second kappa shape index (κ2) is 9.20. The number of ether oxygens (including phenoxy) is 1. The summed E-state index contributed by atoms with van der Waals surface area (Å²) < 4.78 is 5.80. The van der Waals surface area contributed by atoms with Crippen LogP contribution in [0.15, 0.2) is 23.4 Å². The molecule has 3 atom stereocenters. The predicted molar refractivity (Wildman–Crippen MR) is 106 cm³/mol. The molecule has 2 heterocycles. The van der Waals surface area contributed by atoms with Gasteiger partial charge in [-0.1, -0.05) is 12.8 Å². The number of carbonyl (C=O) groups excluding carboxylic acids is 1. The van der Waals surface area contributed by atoms with Gasteiger partial charge in [-0.25, -0.2) is 4.98 Å². The van der Waals surface area contributed by atoms with Crippen LogP contribution in [0, 0.1) is 0 Å². The van der Waals surface area contributed by atoms with Crippen LogP contribution in [-0.4, -0.2) is 58.9 Å². The summed E-state index contributed by atoms with van der Waals surface area (Å²) >= 11 is 1.77. The van der Waals surface area contributed by atoms with Crippen molar-refractivity contribution in [2.45, 2.75) is 75.0 Å². The van der Waals surface area contributed by atoms with Crippen LogP contribution in [0.5, 0.6) is 0 Å². The second-order valence-electron chi connectivity index (χ2n) is 7.65. The van der Waals surface area contributed by atoms with Crippen molar-refractivity contribution in [2.24, 2.45) is 0 Å². The third-order valence-corrected chi connectivity index (χ3v) is 6.58. The van der Waals surface area contributed by atoms with Gasteiger partial charge in [0.15, 0.2) is 0 Å². The maximum atomic E-state index is 12.7. The fourth-order valence-corrected chi connectivity index (χ4v) is 5.16. The summed E-state index contributed by atoms with van der Waals surface area (Å²) in [4.78, 5) is 19.6. The van der Waals surface area contributed by atoms with Crippen LogP contribution in [0.25, 0.3) is 0 Å². The molecule has 6 heteroatoms. The lowest BCUT2D eigenvalue weighted by Gasteiger charge is -2.39. The number of nitrogens with zero attached hydrogens (tertiary/aromatic N) is 2. The van der Waals surface area contributed by atoms with E-state index in [2.05, 4.69) is 36.0 Å². The highest BCUT2D eigenvalue weighted by Crippen LogP contribution is 2.35. The van der Waals surface area contributed by atoms with Crippen LogP contribution < -0.4 is 5.32 Å². The first kappa shape index (κ1) is 19.6. The molecular formula is C20H31N3O2S. The van der Waals surface area contributed by atoms with Crippen LogP contribution in [-0.2, 0) is 4.74 Å². The molecular weight excluding hydrogens is 346 g/mol. The van der Waals surface area contributed by atoms with Gasteiger partial charge in [0, 0.05) is 37.1 Å². The number of thioether (sulfide) groups is 1. The van der Waals surface area contributed by atoms with Gasteiger partial charge in [-0.15, -0.1) is 11.8 Å². The number of hydrogen-bond donors (Lipinski definition) is 1. The highest BCUT2D eigenvalue weighted by Gasteiger charge is 2.26. The predicted octanol–water partition coefficient (Wildman–Crippen LogP) is 3.34. The van der Waals surface area contributed by atoms with E-state index in [1.807, 2.05) is 12.1 Å². The zero-order valence-electron chi connectivity index (χ0n) is 16.1. The second-order valence-corrected chi connectivity index (χ2v) is 8.94. The number of aromatic nitrogens is 1. The van der Waals surface area contributed by atoms with Crippen molar-refractivity contribution < 1.29 is 9.53 Å². The van der Waals surface area contributed by atoms with Gasteiger partial charge < -0.3 is 10.1 Å². The van der Waals surface area contributed by atoms with Gasteiger partial charge in [-0.3, -0.25) is 9.69 Å². The topological polar surface area (TPSA) is 54.5 Å². The molecule has 0 spiro atoms. The monoisotopic (exact) mass is 377 g/mol. The Morgan fingerprint density at radius 1 is 1.35 bits per heavy atom. The molecule has 1 amide bonds. The van der Waals surface area contributed by atoms with Crippen molar-refractivity contribution in [1.29, 1.82) is 0 Å². The van der Waals surface area contributed by atoms with Crippen molar-refractivity contribution in [3.63, 3.8) is 0 Å². The van der Waals surface area contributed by atoms with Crippen LogP contribution in [0.1, 0.15) is 56.8 Å². The molecule has 3 rings (SSSR count). The fourth-order valence-electron chi connectivity index (χ4n) is 3.86. The molecule has 26 heavy (non-hydrogen) atoms. The number of carbonyl (C=O) groups is 1. The molecule has 1 aromatic rings. The lowest BCUT2D eigenvalue weighted by atomic mass is 10.1. The number of hydrogen-bond acceptors (Lipinski definition) is 5. The van der Waals surface area contributed by atoms with Gasteiger partial charge in [-0.05, 0) is 45.7 Å². The highest BCUT2D eigenvalue weighted by molar-refractivity contribution is 7.99. The molecule has 1 aliphatic carbocycles. The summed E-state index contributed by atoms with van der Waals surface area (Å²) in [5, 5.41) is 4.59. The van der Waals surface area contributed by atoms with Crippen LogP contribution in [0.3, 0.4) is 0 Å². The number of nitrogens with one attached hydrogen (secondary N) is 1. The quantitative estimate of drug-likeness (QED) is 0.824. The Morgan fingerprint density at radius 2 is 2.04 bits per heavy atom. The third kappa shape index (κ3) is 5.21. The zero-order valence-corrected chi connectivity index (χ0v) is 16.9. The van der Waals surface area contributed by atoms with E-state index in [1.54, 1.807) is 18.0 Å². The van der Waals surface area contributed by atoms with Crippen LogP contribution >= 0.6 is 11.8 Å². The van der Waals surface area contributed by atoms with E-state index in [0.29, 0.717) is 17.4 Å². The van der Waals surface area contributed by atoms with Crippen molar-refractivity contribution in [3.05, 3.63) is 23.9 Å². The van der Waals surface area contributed by atoms with E-state index in [1.165, 1.54) is 25.7 Å². The number of pyridine rings is 1. The van der Waals surface area contributed by atoms with Crippen molar-refractivity contribution in [2.75, 3.05) is 19.6 Å². The third-order valence-electron chi connectivity index (χ3n) is 5.23. The van der Waals surface area contributed by atoms with Crippen molar-refractivity contribution >= 4 is 17.7 Å². The summed E-state index contributed by atoms with van der Waals surface area (Å²) in [6.45, 7) is 8.85. The first-order valence-corrected chi connectivity index (χ1v) is 10.7. The maximum Gasteiger partial charge on any atom is 0.254 e. The molecule has 0 bridgehead atoms. The normalized spacial score (nSPS) is 26.0. The van der Waals surface area contributed by atoms with Crippen molar-refractivity contribution in [3.8, 4) is 0 Å². The standard InChI is InChI=1S/C20H31N3O2S/c1-14(23-12-15(2)25-16(3)13-23)11-22-19(24)18-9-6-10-21-20(18)26-17-7-4-5-8-17/h6,9-10,14-17H,4-5,7-8,11-13H2,1-3H3,(H,22,24)/t14-,15-,16+/m0/s1. The van der Waals surface area contributed by atoms with Crippen molar-refractivity contribution in [1.82, 2.24) is 15.2 Å². The molecule has 1 aliphatic heterocycles.